The second-order valence-corrected chi connectivity index (χ2v) is 6.17. The quantitative estimate of drug-likeness (QED) is 0.479. The van der Waals surface area contributed by atoms with Crippen molar-refractivity contribution in [1.82, 2.24) is 4.98 Å². The summed E-state index contributed by atoms with van der Waals surface area (Å²) in [7, 11) is 0. The Kier molecular flexibility index (Phi) is 5.49. The van der Waals surface area contributed by atoms with E-state index in [1.165, 1.54) is 24.3 Å². The number of carbonyl (C=O) groups is 1. The molecule has 0 aliphatic carbocycles. The minimum Gasteiger partial charge on any atom is -0.466 e. The van der Waals surface area contributed by atoms with Gasteiger partial charge in [-0.2, -0.15) is 0 Å². The Morgan fingerprint density at radius 1 is 0.962 bits per heavy atom. The fourth-order valence-electron chi connectivity index (χ4n) is 2.44. The molecule has 1 unspecified atom stereocenters. The molecule has 1 aromatic heterocycles. The van der Waals surface area contributed by atoms with E-state index >= 15 is 0 Å². The first-order valence-electron chi connectivity index (χ1n) is 8.02. The third-order valence-electron chi connectivity index (χ3n) is 3.89. The van der Waals surface area contributed by atoms with Crippen LogP contribution in [0.4, 0.5) is 4.39 Å². The fourth-order valence-corrected chi connectivity index (χ4v) is 2.67. The number of halogens is 1. The standard InChI is InChI=1S/C21H16FNO2S/c1-14-2-4-17(5-3-14)21(26)25-20(16-10-12-23-13-11-16)19(24)15-6-8-18(22)9-7-15/h2-13,20H,1H3. The van der Waals surface area contributed by atoms with Gasteiger partial charge in [-0.05, 0) is 55.5 Å². The number of aryl methyl sites for hydroxylation is 1. The van der Waals surface area contributed by atoms with Gasteiger partial charge in [-0.1, -0.05) is 29.8 Å². The lowest BCUT2D eigenvalue weighted by atomic mass is 10.0. The largest absolute Gasteiger partial charge is 0.466 e. The molecule has 2 aromatic carbocycles. The van der Waals surface area contributed by atoms with Crippen LogP contribution in [0.1, 0.15) is 33.2 Å². The topological polar surface area (TPSA) is 39.2 Å². The van der Waals surface area contributed by atoms with Gasteiger partial charge in [-0.3, -0.25) is 9.78 Å². The first-order valence-corrected chi connectivity index (χ1v) is 8.43. The molecule has 3 rings (SSSR count). The van der Waals surface area contributed by atoms with Crippen molar-refractivity contribution in [2.75, 3.05) is 0 Å². The molecule has 3 aromatic rings. The molecule has 1 heterocycles. The highest BCUT2D eigenvalue weighted by Crippen LogP contribution is 2.24. The maximum absolute atomic E-state index is 13.2. The zero-order valence-electron chi connectivity index (χ0n) is 14.1. The molecule has 0 fully saturated rings. The second-order valence-electron chi connectivity index (χ2n) is 5.80. The number of carbonyl (C=O) groups excluding carboxylic acids is 1. The molecule has 0 spiro atoms. The van der Waals surface area contributed by atoms with Gasteiger partial charge in [0.1, 0.15) is 5.82 Å². The number of thiocarbonyl (C=S) groups is 1. The lowest BCUT2D eigenvalue weighted by Gasteiger charge is -2.19. The van der Waals surface area contributed by atoms with Crippen LogP contribution in [0.25, 0.3) is 0 Å². The summed E-state index contributed by atoms with van der Waals surface area (Å²) < 4.78 is 19.0. The normalized spacial score (nSPS) is 11.6. The number of hydrogen-bond acceptors (Lipinski definition) is 4. The molecular formula is C21H16FNO2S. The number of pyridine rings is 1. The predicted molar refractivity (Wildman–Crippen MR) is 102 cm³/mol. The Morgan fingerprint density at radius 3 is 2.15 bits per heavy atom. The molecule has 5 heteroatoms. The van der Waals surface area contributed by atoms with Gasteiger partial charge in [0.25, 0.3) is 0 Å². The van der Waals surface area contributed by atoms with Crippen LogP contribution in [0, 0.1) is 12.7 Å². The molecule has 0 saturated carbocycles. The second kappa shape index (κ2) is 7.97. The van der Waals surface area contributed by atoms with Crippen LogP contribution in [-0.4, -0.2) is 15.8 Å². The van der Waals surface area contributed by atoms with Crippen LogP contribution in [0.3, 0.4) is 0 Å². The van der Waals surface area contributed by atoms with E-state index in [1.54, 1.807) is 24.5 Å². The Bertz CT molecular complexity index is 909. The summed E-state index contributed by atoms with van der Waals surface area (Å²) in [4.78, 5) is 16.9. The number of aromatic nitrogens is 1. The average Bonchev–Trinajstić information content (AvgIpc) is 2.67. The van der Waals surface area contributed by atoms with Crippen molar-refractivity contribution in [2.24, 2.45) is 0 Å². The maximum atomic E-state index is 13.2. The lowest BCUT2D eigenvalue weighted by Crippen LogP contribution is -2.20. The maximum Gasteiger partial charge on any atom is 0.207 e. The number of rotatable bonds is 5. The van der Waals surface area contributed by atoms with Gasteiger partial charge in [0.05, 0.1) is 0 Å². The van der Waals surface area contributed by atoms with Gasteiger partial charge in [0.2, 0.25) is 5.78 Å². The first-order chi connectivity index (χ1) is 12.5. The Balaban J connectivity index is 1.91. The number of ether oxygens (including phenoxy) is 1. The summed E-state index contributed by atoms with van der Waals surface area (Å²) in [5.41, 5.74) is 2.80. The molecule has 3 nitrogen and oxygen atoms in total. The molecule has 0 bridgehead atoms. The van der Waals surface area contributed by atoms with Gasteiger partial charge >= 0.3 is 0 Å². The first kappa shape index (κ1) is 17.9. The van der Waals surface area contributed by atoms with Crippen molar-refractivity contribution in [1.29, 1.82) is 0 Å². The number of Topliss-reactive ketones (excluding diaryl/α,β-unsaturated/α-hetero) is 1. The number of hydrogen-bond donors (Lipinski definition) is 0. The molecule has 130 valence electrons. The Labute approximate surface area is 156 Å². The van der Waals surface area contributed by atoms with Crippen LogP contribution >= 0.6 is 12.2 Å². The summed E-state index contributed by atoms with van der Waals surface area (Å²) in [6, 6.07) is 16.3. The van der Waals surface area contributed by atoms with Gasteiger partial charge in [0, 0.05) is 29.1 Å². The van der Waals surface area contributed by atoms with Gasteiger partial charge in [0.15, 0.2) is 11.2 Å². The van der Waals surface area contributed by atoms with E-state index in [9.17, 15) is 9.18 Å². The molecule has 26 heavy (non-hydrogen) atoms. The molecule has 0 N–H and O–H groups in total. The lowest BCUT2D eigenvalue weighted by molar-refractivity contribution is 0.0780. The smallest absolute Gasteiger partial charge is 0.207 e. The molecule has 0 amide bonds. The average molecular weight is 365 g/mol. The van der Waals surface area contributed by atoms with Gasteiger partial charge in [-0.25, -0.2) is 4.39 Å². The van der Waals surface area contributed by atoms with Crippen molar-refractivity contribution in [3.63, 3.8) is 0 Å². The van der Waals surface area contributed by atoms with Crippen LogP contribution in [-0.2, 0) is 4.74 Å². The van der Waals surface area contributed by atoms with Crippen molar-refractivity contribution < 1.29 is 13.9 Å². The monoisotopic (exact) mass is 365 g/mol. The third kappa shape index (κ3) is 4.18. The van der Waals surface area contributed by atoms with Crippen molar-refractivity contribution in [2.45, 2.75) is 13.0 Å². The SMILES string of the molecule is Cc1ccc(C(=S)OC(C(=O)c2ccc(F)cc2)c2ccncc2)cc1. The molecule has 0 radical (unpaired) electrons. The van der Waals surface area contributed by atoms with Crippen molar-refractivity contribution >= 4 is 23.1 Å². The number of benzene rings is 2. The van der Waals surface area contributed by atoms with E-state index in [4.69, 9.17) is 17.0 Å². The minimum absolute atomic E-state index is 0.224. The highest BCUT2D eigenvalue weighted by molar-refractivity contribution is 7.80. The van der Waals surface area contributed by atoms with E-state index in [0.717, 1.165) is 11.1 Å². The van der Waals surface area contributed by atoms with Gasteiger partial charge in [-0.15, -0.1) is 0 Å². The van der Waals surface area contributed by atoms with Crippen LogP contribution in [0.2, 0.25) is 0 Å². The summed E-state index contributed by atoms with van der Waals surface area (Å²) in [6.07, 6.45) is 2.23. The fraction of sp³-hybridized carbons (Fsp3) is 0.0952. The molecule has 0 saturated heterocycles. The highest BCUT2D eigenvalue weighted by atomic mass is 32.1. The summed E-state index contributed by atoms with van der Waals surface area (Å²) >= 11 is 5.38. The van der Waals surface area contributed by atoms with E-state index in [2.05, 4.69) is 4.98 Å². The van der Waals surface area contributed by atoms with E-state index in [1.807, 2.05) is 31.2 Å². The third-order valence-corrected chi connectivity index (χ3v) is 4.22. The zero-order chi connectivity index (χ0) is 18.5. The summed E-state index contributed by atoms with van der Waals surface area (Å²) in [5.74, 6) is -0.705. The van der Waals surface area contributed by atoms with Crippen molar-refractivity contribution in [3.05, 3.63) is 101 Å². The van der Waals surface area contributed by atoms with Gasteiger partial charge < -0.3 is 4.74 Å². The number of ketones is 1. The van der Waals surface area contributed by atoms with E-state index in [0.29, 0.717) is 11.1 Å². The van der Waals surface area contributed by atoms with E-state index in [-0.39, 0.29) is 10.8 Å². The van der Waals surface area contributed by atoms with Crippen LogP contribution < -0.4 is 0 Å². The summed E-state index contributed by atoms with van der Waals surface area (Å²) in [6.45, 7) is 1.98. The molecular weight excluding hydrogens is 349 g/mol. The van der Waals surface area contributed by atoms with Crippen molar-refractivity contribution in [3.8, 4) is 0 Å². The molecule has 0 aliphatic rings. The van der Waals surface area contributed by atoms with E-state index < -0.39 is 11.9 Å². The predicted octanol–water partition coefficient (Wildman–Crippen LogP) is 4.85. The molecule has 1 atom stereocenters. The summed E-state index contributed by atoms with van der Waals surface area (Å²) in [5, 5.41) is 0.224. The number of nitrogens with zero attached hydrogens (tertiary/aromatic N) is 1. The van der Waals surface area contributed by atoms with Crippen LogP contribution in [0.5, 0.6) is 0 Å². The minimum atomic E-state index is -0.933. The zero-order valence-corrected chi connectivity index (χ0v) is 14.9. The highest BCUT2D eigenvalue weighted by Gasteiger charge is 2.25. The van der Waals surface area contributed by atoms with Crippen LogP contribution in [0.15, 0.2) is 73.1 Å². The Hall–Kier alpha value is -2.92. The molecule has 0 aliphatic heterocycles. The Morgan fingerprint density at radius 2 is 1.54 bits per heavy atom.